The Morgan fingerprint density at radius 3 is 2.56 bits per heavy atom. The van der Waals surface area contributed by atoms with Crippen LogP contribution in [-0.4, -0.2) is 25.2 Å². The third kappa shape index (κ3) is 7.72. The molecule has 2 aromatic rings. The highest BCUT2D eigenvalue weighted by Crippen LogP contribution is 2.23. The van der Waals surface area contributed by atoms with E-state index in [0.717, 1.165) is 36.6 Å². The van der Waals surface area contributed by atoms with E-state index in [4.69, 9.17) is 15.2 Å². The molecule has 2 aromatic carbocycles. The summed E-state index contributed by atoms with van der Waals surface area (Å²) in [5, 5.41) is 3.09. The van der Waals surface area contributed by atoms with Crippen LogP contribution < -0.4 is 15.8 Å². The van der Waals surface area contributed by atoms with Crippen molar-refractivity contribution in [2.75, 3.05) is 18.5 Å². The summed E-state index contributed by atoms with van der Waals surface area (Å²) in [6.45, 7) is 5.52. The second-order valence-electron chi connectivity index (χ2n) is 5.96. The minimum atomic E-state index is 0.278. The highest BCUT2D eigenvalue weighted by molar-refractivity contribution is 5.92. The van der Waals surface area contributed by atoms with E-state index in [0.29, 0.717) is 12.5 Å². The van der Waals surface area contributed by atoms with Crippen LogP contribution in [0.3, 0.4) is 0 Å². The first-order valence-corrected chi connectivity index (χ1v) is 8.65. The Labute approximate surface area is 149 Å². The molecule has 0 amide bonds. The number of aliphatic imine (C=N–C) groups is 1. The molecule has 0 atom stereocenters. The maximum atomic E-state index is 5.94. The van der Waals surface area contributed by atoms with Crippen molar-refractivity contribution >= 4 is 11.6 Å². The van der Waals surface area contributed by atoms with Crippen molar-refractivity contribution in [2.24, 2.45) is 10.7 Å². The third-order valence-electron chi connectivity index (χ3n) is 3.37. The molecule has 0 aromatic heterocycles. The fourth-order valence-electron chi connectivity index (χ4n) is 2.18. The lowest BCUT2D eigenvalue weighted by Gasteiger charge is -2.09. The second kappa shape index (κ2) is 10.4. The first kappa shape index (κ1) is 18.8. The van der Waals surface area contributed by atoms with E-state index >= 15 is 0 Å². The quantitative estimate of drug-likeness (QED) is 0.403. The number of nitrogens with zero attached hydrogens (tertiary/aromatic N) is 1. The number of nitrogens with two attached hydrogens (primary N) is 1. The highest BCUT2D eigenvalue weighted by Gasteiger charge is 2.00. The van der Waals surface area contributed by atoms with Gasteiger partial charge in [0.2, 0.25) is 0 Å². The van der Waals surface area contributed by atoms with Gasteiger partial charge in [0.05, 0.1) is 6.10 Å². The average molecular weight is 341 g/mol. The second-order valence-corrected chi connectivity index (χ2v) is 5.96. The Balaban J connectivity index is 1.79. The van der Waals surface area contributed by atoms with Crippen LogP contribution in [0.25, 0.3) is 0 Å². The van der Waals surface area contributed by atoms with Crippen LogP contribution >= 0.6 is 0 Å². The Hall–Kier alpha value is -2.53. The summed E-state index contributed by atoms with van der Waals surface area (Å²) in [7, 11) is 0. The number of para-hydroxylation sites is 1. The van der Waals surface area contributed by atoms with Crippen molar-refractivity contribution in [3.63, 3.8) is 0 Å². The summed E-state index contributed by atoms with van der Waals surface area (Å²) >= 11 is 0. The number of guanidine groups is 1. The summed E-state index contributed by atoms with van der Waals surface area (Å²) in [4.78, 5) is 4.34. The predicted molar refractivity (Wildman–Crippen MR) is 103 cm³/mol. The SMILES string of the molecule is CC(C)OCCCCN=C(N)Nc1cccc(Oc2ccccc2)c1. The maximum Gasteiger partial charge on any atom is 0.193 e. The molecule has 2 rings (SSSR count). The molecule has 0 aliphatic carbocycles. The van der Waals surface area contributed by atoms with Crippen molar-refractivity contribution in [2.45, 2.75) is 32.8 Å². The summed E-state index contributed by atoms with van der Waals surface area (Å²) in [6, 6.07) is 17.3. The molecule has 0 saturated heterocycles. The summed E-state index contributed by atoms with van der Waals surface area (Å²) in [6.07, 6.45) is 2.21. The number of anilines is 1. The zero-order valence-electron chi connectivity index (χ0n) is 14.9. The van der Waals surface area contributed by atoms with E-state index in [1.165, 1.54) is 0 Å². The standard InChI is InChI=1S/C20H27N3O2/c1-16(2)24-14-7-6-13-22-20(21)23-17-9-8-12-19(15-17)25-18-10-4-3-5-11-18/h3-5,8-12,15-16H,6-7,13-14H2,1-2H3,(H3,21,22,23). The molecule has 0 aliphatic rings. The molecule has 5 heteroatoms. The Morgan fingerprint density at radius 2 is 1.80 bits per heavy atom. The first-order chi connectivity index (χ1) is 12.1. The molecule has 0 fully saturated rings. The normalized spacial score (nSPS) is 11.6. The molecule has 5 nitrogen and oxygen atoms in total. The van der Waals surface area contributed by atoms with Gasteiger partial charge in [-0.25, -0.2) is 0 Å². The smallest absolute Gasteiger partial charge is 0.193 e. The third-order valence-corrected chi connectivity index (χ3v) is 3.37. The van der Waals surface area contributed by atoms with Crippen molar-refractivity contribution in [1.82, 2.24) is 0 Å². The van der Waals surface area contributed by atoms with E-state index in [1.807, 2.05) is 68.4 Å². The van der Waals surface area contributed by atoms with Crippen LogP contribution in [-0.2, 0) is 4.74 Å². The predicted octanol–water partition coefficient (Wildman–Crippen LogP) is 4.41. The van der Waals surface area contributed by atoms with E-state index in [1.54, 1.807) is 0 Å². The monoisotopic (exact) mass is 341 g/mol. The molecule has 0 saturated carbocycles. The molecular formula is C20H27N3O2. The molecule has 25 heavy (non-hydrogen) atoms. The van der Waals surface area contributed by atoms with Gasteiger partial charge in [0, 0.05) is 24.9 Å². The lowest BCUT2D eigenvalue weighted by molar-refractivity contribution is 0.0764. The number of nitrogens with one attached hydrogen (secondary N) is 1. The number of unbranched alkanes of at least 4 members (excludes halogenated alkanes) is 1. The van der Waals surface area contributed by atoms with E-state index < -0.39 is 0 Å². The molecule has 0 heterocycles. The molecule has 0 unspecified atom stereocenters. The Bertz CT molecular complexity index is 657. The van der Waals surface area contributed by atoms with E-state index in [9.17, 15) is 0 Å². The fraction of sp³-hybridized carbons (Fsp3) is 0.350. The summed E-state index contributed by atoms with van der Waals surface area (Å²) in [5.74, 6) is 1.95. The van der Waals surface area contributed by atoms with Crippen LogP contribution in [0.15, 0.2) is 59.6 Å². The minimum Gasteiger partial charge on any atom is -0.457 e. The molecular weight excluding hydrogens is 314 g/mol. The van der Waals surface area contributed by atoms with Gasteiger partial charge < -0.3 is 20.5 Å². The van der Waals surface area contributed by atoms with Gasteiger partial charge in [0.25, 0.3) is 0 Å². The molecule has 0 bridgehead atoms. The molecule has 0 aliphatic heterocycles. The van der Waals surface area contributed by atoms with Crippen LogP contribution in [0.2, 0.25) is 0 Å². The number of benzene rings is 2. The highest BCUT2D eigenvalue weighted by atomic mass is 16.5. The summed E-state index contributed by atoms with van der Waals surface area (Å²) < 4.78 is 11.3. The number of ether oxygens (including phenoxy) is 2. The first-order valence-electron chi connectivity index (χ1n) is 8.65. The molecule has 0 radical (unpaired) electrons. The van der Waals surface area contributed by atoms with Gasteiger partial charge in [0.15, 0.2) is 5.96 Å². The van der Waals surface area contributed by atoms with Gasteiger partial charge in [0.1, 0.15) is 11.5 Å². The van der Waals surface area contributed by atoms with Crippen LogP contribution in [0.5, 0.6) is 11.5 Å². The van der Waals surface area contributed by atoms with Crippen molar-refractivity contribution in [1.29, 1.82) is 0 Å². The van der Waals surface area contributed by atoms with Crippen molar-refractivity contribution in [3.05, 3.63) is 54.6 Å². The lowest BCUT2D eigenvalue weighted by Crippen LogP contribution is -2.22. The van der Waals surface area contributed by atoms with Crippen LogP contribution in [0, 0.1) is 0 Å². The van der Waals surface area contributed by atoms with Crippen molar-refractivity contribution in [3.8, 4) is 11.5 Å². The largest absolute Gasteiger partial charge is 0.457 e. The topological polar surface area (TPSA) is 68.9 Å². The maximum absolute atomic E-state index is 5.94. The van der Waals surface area contributed by atoms with Gasteiger partial charge in [-0.15, -0.1) is 0 Å². The van der Waals surface area contributed by atoms with E-state index in [2.05, 4.69) is 10.3 Å². The molecule has 3 N–H and O–H groups in total. The summed E-state index contributed by atoms with van der Waals surface area (Å²) in [5.41, 5.74) is 6.78. The average Bonchev–Trinajstić information content (AvgIpc) is 2.59. The Morgan fingerprint density at radius 1 is 1.04 bits per heavy atom. The minimum absolute atomic E-state index is 0.278. The fourth-order valence-corrected chi connectivity index (χ4v) is 2.18. The van der Waals surface area contributed by atoms with Gasteiger partial charge >= 0.3 is 0 Å². The Kier molecular flexibility index (Phi) is 7.79. The van der Waals surface area contributed by atoms with Gasteiger partial charge in [-0.2, -0.15) is 0 Å². The lowest BCUT2D eigenvalue weighted by atomic mass is 10.3. The van der Waals surface area contributed by atoms with Gasteiger partial charge in [-0.05, 0) is 51.0 Å². The molecule has 0 spiro atoms. The number of hydrogen-bond acceptors (Lipinski definition) is 3. The zero-order chi connectivity index (χ0) is 17.9. The van der Waals surface area contributed by atoms with E-state index in [-0.39, 0.29) is 6.10 Å². The van der Waals surface area contributed by atoms with Crippen LogP contribution in [0.4, 0.5) is 5.69 Å². The van der Waals surface area contributed by atoms with Gasteiger partial charge in [-0.1, -0.05) is 24.3 Å². The number of hydrogen-bond donors (Lipinski definition) is 2. The zero-order valence-corrected chi connectivity index (χ0v) is 14.9. The molecule has 134 valence electrons. The van der Waals surface area contributed by atoms with Gasteiger partial charge in [-0.3, -0.25) is 4.99 Å². The van der Waals surface area contributed by atoms with Crippen LogP contribution in [0.1, 0.15) is 26.7 Å². The van der Waals surface area contributed by atoms with Crippen molar-refractivity contribution < 1.29 is 9.47 Å². The number of rotatable bonds is 9.